The second-order valence-electron chi connectivity index (χ2n) is 4.63. The first kappa shape index (κ1) is 16.4. The Morgan fingerprint density at radius 3 is 2.37 bits per heavy atom. The van der Waals surface area contributed by atoms with Crippen LogP contribution in [0.4, 0.5) is 13.2 Å². The van der Waals surface area contributed by atoms with Crippen LogP contribution in [0.2, 0.25) is 0 Å². The summed E-state index contributed by atoms with van der Waals surface area (Å²) in [5, 5.41) is 3.09. The SMILES string of the molecule is CSCCC(C)NC(CC(F)(F)F)c1ccccc1. The monoisotopic (exact) mass is 291 g/mol. The summed E-state index contributed by atoms with van der Waals surface area (Å²) in [4.78, 5) is 0. The molecule has 5 heteroatoms. The largest absolute Gasteiger partial charge is 0.390 e. The lowest BCUT2D eigenvalue weighted by Gasteiger charge is -2.24. The summed E-state index contributed by atoms with van der Waals surface area (Å²) < 4.78 is 37.9. The summed E-state index contributed by atoms with van der Waals surface area (Å²) in [5.74, 6) is 0.946. The third-order valence-corrected chi connectivity index (χ3v) is 3.52. The van der Waals surface area contributed by atoms with Crippen molar-refractivity contribution in [3.63, 3.8) is 0 Å². The van der Waals surface area contributed by atoms with Gasteiger partial charge in [-0.05, 0) is 30.9 Å². The van der Waals surface area contributed by atoms with Crippen LogP contribution in [0.1, 0.15) is 31.4 Å². The Morgan fingerprint density at radius 1 is 1.21 bits per heavy atom. The Labute approximate surface area is 117 Å². The number of hydrogen-bond acceptors (Lipinski definition) is 2. The third kappa shape index (κ3) is 6.87. The molecule has 108 valence electrons. The summed E-state index contributed by atoms with van der Waals surface area (Å²) in [6.07, 6.45) is -2.13. The Balaban J connectivity index is 2.70. The van der Waals surface area contributed by atoms with Crippen molar-refractivity contribution < 1.29 is 13.2 Å². The van der Waals surface area contributed by atoms with Crippen LogP contribution in [0.25, 0.3) is 0 Å². The van der Waals surface area contributed by atoms with E-state index in [2.05, 4.69) is 5.32 Å². The number of thioether (sulfide) groups is 1. The summed E-state index contributed by atoms with van der Waals surface area (Å²) >= 11 is 1.70. The van der Waals surface area contributed by atoms with Crippen LogP contribution in [0.3, 0.4) is 0 Å². The molecule has 0 amide bonds. The molecule has 1 N–H and O–H groups in total. The van der Waals surface area contributed by atoms with Gasteiger partial charge in [0.1, 0.15) is 0 Å². The van der Waals surface area contributed by atoms with Gasteiger partial charge < -0.3 is 5.32 Å². The average molecular weight is 291 g/mol. The molecule has 0 saturated carbocycles. The van der Waals surface area contributed by atoms with E-state index in [1.807, 2.05) is 19.2 Å². The Morgan fingerprint density at radius 2 is 1.84 bits per heavy atom. The predicted molar refractivity (Wildman–Crippen MR) is 75.5 cm³/mol. The molecule has 0 spiro atoms. The molecule has 19 heavy (non-hydrogen) atoms. The third-order valence-electron chi connectivity index (χ3n) is 2.88. The predicted octanol–water partition coefficient (Wildman–Crippen LogP) is 4.41. The van der Waals surface area contributed by atoms with E-state index in [0.29, 0.717) is 5.56 Å². The lowest BCUT2D eigenvalue weighted by molar-refractivity contribution is -0.140. The summed E-state index contributed by atoms with van der Waals surface area (Å²) in [5.41, 5.74) is 0.691. The molecule has 2 atom stereocenters. The lowest BCUT2D eigenvalue weighted by Crippen LogP contribution is -2.33. The van der Waals surface area contributed by atoms with Gasteiger partial charge in [-0.3, -0.25) is 0 Å². The highest BCUT2D eigenvalue weighted by atomic mass is 32.2. The van der Waals surface area contributed by atoms with Gasteiger partial charge in [-0.2, -0.15) is 24.9 Å². The van der Waals surface area contributed by atoms with Crippen LogP contribution >= 0.6 is 11.8 Å². The number of nitrogens with one attached hydrogen (secondary N) is 1. The highest BCUT2D eigenvalue weighted by Gasteiger charge is 2.32. The number of hydrogen-bond donors (Lipinski definition) is 1. The van der Waals surface area contributed by atoms with Gasteiger partial charge in [0.2, 0.25) is 0 Å². The van der Waals surface area contributed by atoms with Gasteiger partial charge >= 0.3 is 6.18 Å². The van der Waals surface area contributed by atoms with Crippen molar-refractivity contribution in [1.29, 1.82) is 0 Å². The van der Waals surface area contributed by atoms with Gasteiger partial charge in [0.25, 0.3) is 0 Å². The number of benzene rings is 1. The van der Waals surface area contributed by atoms with Crippen LogP contribution < -0.4 is 5.32 Å². The standard InChI is InChI=1S/C14H20F3NS/c1-11(8-9-19-2)18-13(10-14(15,16)17)12-6-4-3-5-7-12/h3-7,11,13,18H,8-10H2,1-2H3. The van der Waals surface area contributed by atoms with Crippen LogP contribution in [-0.2, 0) is 0 Å². The normalized spacial score (nSPS) is 15.2. The lowest BCUT2D eigenvalue weighted by atomic mass is 10.0. The zero-order chi connectivity index (χ0) is 14.3. The Hall–Kier alpha value is -0.680. The van der Waals surface area contributed by atoms with E-state index in [-0.39, 0.29) is 6.04 Å². The maximum absolute atomic E-state index is 12.6. The molecule has 0 aliphatic rings. The van der Waals surface area contributed by atoms with Crippen LogP contribution in [0, 0.1) is 0 Å². The average Bonchev–Trinajstić information content (AvgIpc) is 2.35. The second-order valence-corrected chi connectivity index (χ2v) is 5.62. The van der Waals surface area contributed by atoms with Gasteiger partial charge in [-0.25, -0.2) is 0 Å². The van der Waals surface area contributed by atoms with Gasteiger partial charge in [-0.15, -0.1) is 0 Å². The van der Waals surface area contributed by atoms with E-state index in [0.717, 1.165) is 12.2 Å². The molecular weight excluding hydrogens is 271 g/mol. The molecule has 1 aromatic rings. The molecule has 0 radical (unpaired) electrons. The first-order valence-electron chi connectivity index (χ1n) is 6.29. The molecule has 0 saturated heterocycles. The smallest absolute Gasteiger partial charge is 0.307 e. The van der Waals surface area contributed by atoms with E-state index in [4.69, 9.17) is 0 Å². The van der Waals surface area contributed by atoms with E-state index >= 15 is 0 Å². The summed E-state index contributed by atoms with van der Waals surface area (Å²) in [6.45, 7) is 1.93. The van der Waals surface area contributed by atoms with Crippen molar-refractivity contribution >= 4 is 11.8 Å². The minimum atomic E-state index is -4.16. The fourth-order valence-corrected chi connectivity index (χ4v) is 2.50. The Bertz CT molecular complexity index is 353. The first-order valence-corrected chi connectivity index (χ1v) is 7.68. The molecular formula is C14H20F3NS. The molecule has 1 aromatic carbocycles. The number of halogens is 3. The van der Waals surface area contributed by atoms with E-state index < -0.39 is 18.6 Å². The van der Waals surface area contributed by atoms with E-state index in [1.165, 1.54) is 0 Å². The van der Waals surface area contributed by atoms with Crippen LogP contribution in [0.5, 0.6) is 0 Å². The fraction of sp³-hybridized carbons (Fsp3) is 0.571. The molecule has 0 aliphatic heterocycles. The van der Waals surface area contributed by atoms with Crippen molar-refractivity contribution in [2.24, 2.45) is 0 Å². The molecule has 1 nitrogen and oxygen atoms in total. The van der Waals surface area contributed by atoms with E-state index in [9.17, 15) is 13.2 Å². The topological polar surface area (TPSA) is 12.0 Å². The van der Waals surface area contributed by atoms with Crippen molar-refractivity contribution in [2.45, 2.75) is 38.0 Å². The first-order chi connectivity index (χ1) is 8.92. The van der Waals surface area contributed by atoms with Gasteiger partial charge in [0, 0.05) is 12.1 Å². The summed E-state index contributed by atoms with van der Waals surface area (Å²) in [7, 11) is 0. The molecule has 0 heterocycles. The Kier molecular flexibility index (Phi) is 6.72. The highest BCUT2D eigenvalue weighted by molar-refractivity contribution is 7.98. The maximum atomic E-state index is 12.6. The number of rotatable bonds is 7. The summed E-state index contributed by atoms with van der Waals surface area (Å²) in [6, 6.07) is 8.23. The highest BCUT2D eigenvalue weighted by Crippen LogP contribution is 2.30. The fourth-order valence-electron chi connectivity index (χ4n) is 1.91. The quantitative estimate of drug-likeness (QED) is 0.798. The van der Waals surface area contributed by atoms with Crippen LogP contribution in [0.15, 0.2) is 30.3 Å². The molecule has 2 unspecified atom stereocenters. The van der Waals surface area contributed by atoms with Crippen molar-refractivity contribution in [2.75, 3.05) is 12.0 Å². The molecule has 0 aliphatic carbocycles. The van der Waals surface area contributed by atoms with E-state index in [1.54, 1.807) is 36.0 Å². The number of alkyl halides is 3. The van der Waals surface area contributed by atoms with Crippen molar-refractivity contribution in [1.82, 2.24) is 5.32 Å². The maximum Gasteiger partial charge on any atom is 0.390 e. The van der Waals surface area contributed by atoms with Gasteiger partial charge in [0.05, 0.1) is 6.42 Å². The van der Waals surface area contributed by atoms with Gasteiger partial charge in [0.15, 0.2) is 0 Å². The second kappa shape index (κ2) is 7.80. The van der Waals surface area contributed by atoms with Crippen molar-refractivity contribution in [3.05, 3.63) is 35.9 Å². The van der Waals surface area contributed by atoms with Crippen molar-refractivity contribution in [3.8, 4) is 0 Å². The zero-order valence-electron chi connectivity index (χ0n) is 11.2. The molecule has 0 fully saturated rings. The minimum absolute atomic E-state index is 0.0695. The minimum Gasteiger partial charge on any atom is -0.307 e. The zero-order valence-corrected chi connectivity index (χ0v) is 12.0. The van der Waals surface area contributed by atoms with Crippen LogP contribution in [-0.4, -0.2) is 24.2 Å². The molecule has 1 rings (SSSR count). The molecule has 0 aromatic heterocycles. The molecule has 0 bridgehead atoms. The van der Waals surface area contributed by atoms with Gasteiger partial charge in [-0.1, -0.05) is 30.3 Å².